The molecule has 0 saturated carbocycles. The van der Waals surface area contributed by atoms with Crippen LogP contribution in [0.25, 0.3) is 0 Å². The highest BCUT2D eigenvalue weighted by atomic mass is 16.5. The fourth-order valence-corrected chi connectivity index (χ4v) is 2.33. The molecule has 0 aromatic carbocycles. The molecule has 106 valence electrons. The van der Waals surface area contributed by atoms with Gasteiger partial charge in [0.25, 0.3) is 0 Å². The van der Waals surface area contributed by atoms with E-state index in [0.717, 1.165) is 24.5 Å². The first-order chi connectivity index (χ1) is 9.06. The Morgan fingerprint density at radius 3 is 3.05 bits per heavy atom. The maximum absolute atomic E-state index is 6.04. The third-order valence-electron chi connectivity index (χ3n) is 3.55. The molecular formula is C14H24N4O. The van der Waals surface area contributed by atoms with E-state index >= 15 is 0 Å². The van der Waals surface area contributed by atoms with E-state index in [1.54, 1.807) is 0 Å². The Balaban J connectivity index is 1.93. The van der Waals surface area contributed by atoms with Crippen molar-refractivity contribution in [2.45, 2.75) is 46.1 Å². The number of hydrogen-bond acceptors (Lipinski definition) is 3. The van der Waals surface area contributed by atoms with Crippen LogP contribution in [0.3, 0.4) is 0 Å². The molecule has 0 spiro atoms. The van der Waals surface area contributed by atoms with Gasteiger partial charge in [-0.25, -0.2) is 4.99 Å². The van der Waals surface area contributed by atoms with Crippen LogP contribution in [0.1, 0.15) is 51.0 Å². The van der Waals surface area contributed by atoms with Gasteiger partial charge in [-0.15, -0.1) is 0 Å². The van der Waals surface area contributed by atoms with Crippen molar-refractivity contribution >= 4 is 5.96 Å². The summed E-state index contributed by atoms with van der Waals surface area (Å²) in [5.74, 6) is 2.47. The average molecular weight is 264 g/mol. The first-order valence-corrected chi connectivity index (χ1v) is 7.06. The number of aliphatic imine (C=N–C) groups is 1. The molecule has 1 saturated heterocycles. The lowest BCUT2D eigenvalue weighted by atomic mass is 10.0. The van der Waals surface area contributed by atoms with Gasteiger partial charge in [0.05, 0.1) is 5.69 Å². The van der Waals surface area contributed by atoms with Gasteiger partial charge in [0, 0.05) is 19.2 Å². The Morgan fingerprint density at radius 2 is 2.42 bits per heavy atom. The van der Waals surface area contributed by atoms with Crippen LogP contribution >= 0.6 is 0 Å². The molecule has 0 radical (unpaired) electrons. The Morgan fingerprint density at radius 1 is 1.63 bits per heavy atom. The van der Waals surface area contributed by atoms with Crippen molar-refractivity contribution in [2.75, 3.05) is 13.1 Å². The van der Waals surface area contributed by atoms with Crippen molar-refractivity contribution in [3.8, 4) is 0 Å². The fraction of sp³-hybridized carbons (Fsp3) is 0.714. The van der Waals surface area contributed by atoms with Gasteiger partial charge < -0.3 is 15.2 Å². The second-order valence-electron chi connectivity index (χ2n) is 5.74. The standard InChI is InChI=1S/C14H24N4O/c1-10(2)13-7-12(19-17-13)8-16-14(15)18-6-4-5-11(3)9-18/h7,10-11H,4-6,8-9H2,1-3H3,(H2,15,16). The molecule has 5 heteroatoms. The lowest BCUT2D eigenvalue weighted by molar-refractivity contribution is 0.270. The number of aromatic nitrogens is 1. The van der Waals surface area contributed by atoms with Gasteiger partial charge in [0.1, 0.15) is 6.54 Å². The third kappa shape index (κ3) is 3.72. The molecule has 0 aliphatic carbocycles. The summed E-state index contributed by atoms with van der Waals surface area (Å²) in [6.07, 6.45) is 2.47. The molecule has 0 amide bonds. The summed E-state index contributed by atoms with van der Waals surface area (Å²) in [5.41, 5.74) is 7.01. The Kier molecular flexibility index (Phi) is 4.45. The topological polar surface area (TPSA) is 67.7 Å². The highest BCUT2D eigenvalue weighted by Gasteiger charge is 2.17. The molecule has 1 aliphatic rings. The molecule has 1 aromatic rings. The van der Waals surface area contributed by atoms with E-state index in [1.807, 2.05) is 6.07 Å². The van der Waals surface area contributed by atoms with Crippen LogP contribution in [-0.2, 0) is 6.54 Å². The van der Waals surface area contributed by atoms with Crippen LogP contribution in [0.4, 0.5) is 0 Å². The van der Waals surface area contributed by atoms with Gasteiger partial charge >= 0.3 is 0 Å². The van der Waals surface area contributed by atoms with E-state index in [-0.39, 0.29) is 0 Å². The zero-order valence-electron chi connectivity index (χ0n) is 12.1. The van der Waals surface area contributed by atoms with Crippen molar-refractivity contribution in [3.05, 3.63) is 17.5 Å². The van der Waals surface area contributed by atoms with Gasteiger partial charge in [0.2, 0.25) is 0 Å². The molecule has 1 aromatic heterocycles. The van der Waals surface area contributed by atoms with Crippen molar-refractivity contribution in [1.82, 2.24) is 10.1 Å². The monoisotopic (exact) mass is 264 g/mol. The zero-order chi connectivity index (χ0) is 13.8. The minimum Gasteiger partial charge on any atom is -0.370 e. The molecule has 5 nitrogen and oxygen atoms in total. The summed E-state index contributed by atoms with van der Waals surface area (Å²) in [6, 6.07) is 1.96. The summed E-state index contributed by atoms with van der Waals surface area (Å²) in [7, 11) is 0. The van der Waals surface area contributed by atoms with Crippen LogP contribution in [0, 0.1) is 5.92 Å². The van der Waals surface area contributed by atoms with Crippen LogP contribution in [0.15, 0.2) is 15.6 Å². The number of guanidine groups is 1. The Hall–Kier alpha value is -1.52. The molecule has 2 rings (SSSR count). The highest BCUT2D eigenvalue weighted by Crippen LogP contribution is 2.16. The quantitative estimate of drug-likeness (QED) is 0.672. The summed E-state index contributed by atoms with van der Waals surface area (Å²) in [6.45, 7) is 8.92. The zero-order valence-corrected chi connectivity index (χ0v) is 12.1. The largest absolute Gasteiger partial charge is 0.370 e. The molecule has 1 atom stereocenters. The molecular weight excluding hydrogens is 240 g/mol. The van der Waals surface area contributed by atoms with Crippen molar-refractivity contribution in [2.24, 2.45) is 16.6 Å². The summed E-state index contributed by atoms with van der Waals surface area (Å²) >= 11 is 0. The minimum absolute atomic E-state index is 0.377. The Bertz CT molecular complexity index is 438. The molecule has 0 bridgehead atoms. The fourth-order valence-electron chi connectivity index (χ4n) is 2.33. The van der Waals surface area contributed by atoms with E-state index in [4.69, 9.17) is 10.3 Å². The van der Waals surface area contributed by atoms with E-state index in [0.29, 0.717) is 24.3 Å². The van der Waals surface area contributed by atoms with Gasteiger partial charge in [-0.1, -0.05) is 25.9 Å². The SMILES string of the molecule is CC1CCCN(C(N)=NCc2cc(C(C)C)no2)C1. The number of rotatable bonds is 3. The van der Waals surface area contributed by atoms with Crippen LogP contribution in [0.5, 0.6) is 0 Å². The normalized spacial score (nSPS) is 21.2. The smallest absolute Gasteiger partial charge is 0.191 e. The van der Waals surface area contributed by atoms with E-state index in [9.17, 15) is 0 Å². The lowest BCUT2D eigenvalue weighted by Gasteiger charge is -2.31. The van der Waals surface area contributed by atoms with E-state index in [1.165, 1.54) is 12.8 Å². The van der Waals surface area contributed by atoms with Crippen LogP contribution in [0.2, 0.25) is 0 Å². The van der Waals surface area contributed by atoms with Gasteiger partial charge in [-0.2, -0.15) is 0 Å². The van der Waals surface area contributed by atoms with Gasteiger partial charge in [-0.3, -0.25) is 0 Å². The number of piperidine rings is 1. The van der Waals surface area contributed by atoms with E-state index in [2.05, 4.69) is 35.8 Å². The number of hydrogen-bond donors (Lipinski definition) is 1. The Labute approximate surface area is 114 Å². The second-order valence-corrected chi connectivity index (χ2v) is 5.74. The summed E-state index contributed by atoms with van der Waals surface area (Å²) < 4.78 is 5.25. The molecule has 1 aliphatic heterocycles. The summed E-state index contributed by atoms with van der Waals surface area (Å²) in [5, 5.41) is 4.02. The van der Waals surface area contributed by atoms with Crippen molar-refractivity contribution in [3.63, 3.8) is 0 Å². The maximum Gasteiger partial charge on any atom is 0.191 e. The van der Waals surface area contributed by atoms with Gasteiger partial charge in [-0.05, 0) is 24.7 Å². The minimum atomic E-state index is 0.377. The number of likely N-dealkylation sites (tertiary alicyclic amines) is 1. The molecule has 2 N–H and O–H groups in total. The maximum atomic E-state index is 6.04. The number of nitrogens with two attached hydrogens (primary N) is 1. The molecule has 19 heavy (non-hydrogen) atoms. The van der Waals surface area contributed by atoms with Crippen molar-refractivity contribution < 1.29 is 4.52 Å². The molecule has 1 fully saturated rings. The lowest BCUT2D eigenvalue weighted by Crippen LogP contribution is -2.43. The first-order valence-electron chi connectivity index (χ1n) is 7.06. The van der Waals surface area contributed by atoms with Crippen LogP contribution in [-0.4, -0.2) is 29.1 Å². The molecule has 1 unspecified atom stereocenters. The first kappa shape index (κ1) is 13.9. The predicted molar refractivity (Wildman–Crippen MR) is 75.9 cm³/mol. The van der Waals surface area contributed by atoms with Crippen molar-refractivity contribution in [1.29, 1.82) is 0 Å². The highest BCUT2D eigenvalue weighted by molar-refractivity contribution is 5.78. The van der Waals surface area contributed by atoms with Gasteiger partial charge in [0.15, 0.2) is 11.7 Å². The molecule has 2 heterocycles. The predicted octanol–water partition coefficient (Wildman–Crippen LogP) is 2.34. The number of nitrogens with zero attached hydrogens (tertiary/aromatic N) is 3. The second kappa shape index (κ2) is 6.08. The summed E-state index contributed by atoms with van der Waals surface area (Å²) in [4.78, 5) is 6.57. The third-order valence-corrected chi connectivity index (χ3v) is 3.55. The van der Waals surface area contributed by atoms with Crippen LogP contribution < -0.4 is 5.73 Å². The van der Waals surface area contributed by atoms with E-state index < -0.39 is 0 Å². The average Bonchev–Trinajstić information content (AvgIpc) is 2.85.